The Balaban J connectivity index is 2.27. The molecule has 0 unspecified atom stereocenters. The Hall–Kier alpha value is -2.20. The van der Waals surface area contributed by atoms with Gasteiger partial charge in [0.05, 0.1) is 0 Å². The molecule has 0 saturated heterocycles. The number of phenols is 1. The van der Waals surface area contributed by atoms with Gasteiger partial charge in [-0.3, -0.25) is 4.79 Å². The maximum Gasteiger partial charge on any atom is 0.225 e. The quantitative estimate of drug-likeness (QED) is 0.445. The first-order valence-corrected chi connectivity index (χ1v) is 4.78. The van der Waals surface area contributed by atoms with Gasteiger partial charge in [-0.2, -0.15) is 0 Å². The van der Waals surface area contributed by atoms with Crippen LogP contribution in [0.3, 0.4) is 0 Å². The number of nitrogens with one attached hydrogen (secondary N) is 1. The topological polar surface area (TPSA) is 98.1 Å². The standard InChI is InChI=1S/C10H12N4O2/c11-14-13-7-10(16)12-6-5-8-1-3-9(15)4-2-8/h1-4,15H,5-7H2,(H,12,16). The number of azide groups is 1. The van der Waals surface area contributed by atoms with E-state index in [2.05, 4.69) is 15.3 Å². The van der Waals surface area contributed by atoms with E-state index in [4.69, 9.17) is 10.6 Å². The highest BCUT2D eigenvalue weighted by molar-refractivity contribution is 5.78. The second-order valence-electron chi connectivity index (χ2n) is 3.16. The zero-order chi connectivity index (χ0) is 11.8. The van der Waals surface area contributed by atoms with E-state index < -0.39 is 0 Å². The smallest absolute Gasteiger partial charge is 0.225 e. The van der Waals surface area contributed by atoms with E-state index >= 15 is 0 Å². The van der Waals surface area contributed by atoms with Gasteiger partial charge < -0.3 is 10.4 Å². The summed E-state index contributed by atoms with van der Waals surface area (Å²) >= 11 is 0. The predicted octanol–water partition coefficient (Wildman–Crippen LogP) is 1.36. The van der Waals surface area contributed by atoms with Gasteiger partial charge in [-0.05, 0) is 29.6 Å². The first-order chi connectivity index (χ1) is 7.72. The third-order valence-electron chi connectivity index (χ3n) is 1.95. The number of aromatic hydroxyl groups is 1. The van der Waals surface area contributed by atoms with Crippen molar-refractivity contribution in [3.8, 4) is 5.75 Å². The summed E-state index contributed by atoms with van der Waals surface area (Å²) in [7, 11) is 0. The van der Waals surface area contributed by atoms with Gasteiger partial charge in [0.1, 0.15) is 12.3 Å². The fourth-order valence-corrected chi connectivity index (χ4v) is 1.16. The van der Waals surface area contributed by atoms with Crippen LogP contribution in [0.5, 0.6) is 5.75 Å². The van der Waals surface area contributed by atoms with Gasteiger partial charge in [-0.1, -0.05) is 17.2 Å². The summed E-state index contributed by atoms with van der Waals surface area (Å²) in [6, 6.07) is 6.76. The lowest BCUT2D eigenvalue weighted by molar-refractivity contribution is -0.119. The third kappa shape index (κ3) is 4.34. The number of rotatable bonds is 5. The Morgan fingerprint density at radius 2 is 2.12 bits per heavy atom. The third-order valence-corrected chi connectivity index (χ3v) is 1.95. The van der Waals surface area contributed by atoms with Gasteiger partial charge >= 0.3 is 0 Å². The number of hydrogen-bond donors (Lipinski definition) is 2. The highest BCUT2D eigenvalue weighted by atomic mass is 16.3. The Kier molecular flexibility index (Phi) is 4.69. The fraction of sp³-hybridized carbons (Fsp3) is 0.300. The molecule has 0 fully saturated rings. The predicted molar refractivity (Wildman–Crippen MR) is 58.8 cm³/mol. The van der Waals surface area contributed by atoms with Crippen molar-refractivity contribution in [3.63, 3.8) is 0 Å². The second kappa shape index (κ2) is 6.31. The highest BCUT2D eigenvalue weighted by Gasteiger charge is 1.98. The van der Waals surface area contributed by atoms with Crippen molar-refractivity contribution in [1.82, 2.24) is 5.32 Å². The van der Waals surface area contributed by atoms with Crippen molar-refractivity contribution in [2.45, 2.75) is 6.42 Å². The van der Waals surface area contributed by atoms with Crippen LogP contribution < -0.4 is 5.32 Å². The summed E-state index contributed by atoms with van der Waals surface area (Å²) in [5.74, 6) is -0.0762. The van der Waals surface area contributed by atoms with Crippen molar-refractivity contribution in [3.05, 3.63) is 40.3 Å². The SMILES string of the molecule is [N-]=[N+]=NCC(=O)NCCc1ccc(O)cc1. The molecule has 0 spiro atoms. The number of carbonyl (C=O) groups excluding carboxylic acids is 1. The van der Waals surface area contributed by atoms with E-state index in [-0.39, 0.29) is 18.2 Å². The molecule has 0 saturated carbocycles. The minimum Gasteiger partial charge on any atom is -0.508 e. The first kappa shape index (κ1) is 11.9. The molecule has 84 valence electrons. The molecule has 0 aliphatic carbocycles. The van der Waals surface area contributed by atoms with Gasteiger partial charge in [0.2, 0.25) is 5.91 Å². The summed E-state index contributed by atoms with van der Waals surface area (Å²) < 4.78 is 0. The van der Waals surface area contributed by atoms with Gasteiger partial charge in [0.15, 0.2) is 0 Å². The van der Waals surface area contributed by atoms with Crippen molar-refractivity contribution in [2.24, 2.45) is 5.11 Å². The molecule has 16 heavy (non-hydrogen) atoms. The van der Waals surface area contributed by atoms with Crippen LogP contribution in [-0.4, -0.2) is 24.1 Å². The molecule has 1 amide bonds. The maximum atomic E-state index is 11.0. The van der Waals surface area contributed by atoms with Crippen LogP contribution in [0.1, 0.15) is 5.56 Å². The Bertz CT molecular complexity index is 396. The molecule has 2 N–H and O–H groups in total. The molecule has 0 radical (unpaired) electrons. The van der Waals surface area contributed by atoms with E-state index in [0.717, 1.165) is 5.56 Å². The molecule has 0 aliphatic heterocycles. The number of hydrogen-bond acceptors (Lipinski definition) is 3. The Morgan fingerprint density at radius 1 is 1.44 bits per heavy atom. The van der Waals surface area contributed by atoms with Gasteiger partial charge in [0.25, 0.3) is 0 Å². The number of nitrogens with zero attached hydrogens (tertiary/aromatic N) is 3. The van der Waals surface area contributed by atoms with E-state index in [0.29, 0.717) is 13.0 Å². The molecule has 0 heterocycles. The molecule has 0 atom stereocenters. The summed E-state index contributed by atoms with van der Waals surface area (Å²) in [6.45, 7) is 0.302. The number of carbonyl (C=O) groups is 1. The number of benzene rings is 1. The fourth-order valence-electron chi connectivity index (χ4n) is 1.16. The zero-order valence-corrected chi connectivity index (χ0v) is 8.63. The Morgan fingerprint density at radius 3 is 2.75 bits per heavy atom. The summed E-state index contributed by atoms with van der Waals surface area (Å²) in [5, 5.41) is 14.8. The van der Waals surface area contributed by atoms with Crippen molar-refractivity contribution >= 4 is 5.91 Å². The normalized spacial score (nSPS) is 9.25. The van der Waals surface area contributed by atoms with E-state index in [9.17, 15) is 4.79 Å². The molecule has 0 aliphatic rings. The summed E-state index contributed by atoms with van der Waals surface area (Å²) in [5.41, 5.74) is 9.01. The highest BCUT2D eigenvalue weighted by Crippen LogP contribution is 2.09. The molecule has 1 aromatic carbocycles. The molecular weight excluding hydrogens is 208 g/mol. The molecule has 1 aromatic rings. The average Bonchev–Trinajstić information content (AvgIpc) is 2.29. The summed E-state index contributed by atoms with van der Waals surface area (Å²) in [6.07, 6.45) is 0.669. The first-order valence-electron chi connectivity index (χ1n) is 4.78. The Labute approximate surface area is 92.5 Å². The minimum absolute atomic E-state index is 0.175. The van der Waals surface area contributed by atoms with Crippen molar-refractivity contribution < 1.29 is 9.90 Å². The van der Waals surface area contributed by atoms with Crippen molar-refractivity contribution in [2.75, 3.05) is 13.1 Å². The zero-order valence-electron chi connectivity index (χ0n) is 8.63. The molecule has 0 bridgehead atoms. The maximum absolute atomic E-state index is 11.0. The largest absolute Gasteiger partial charge is 0.508 e. The van der Waals surface area contributed by atoms with Gasteiger partial charge in [-0.25, -0.2) is 0 Å². The van der Waals surface area contributed by atoms with Crippen LogP contribution in [0.4, 0.5) is 0 Å². The van der Waals surface area contributed by atoms with Crippen molar-refractivity contribution in [1.29, 1.82) is 0 Å². The molecule has 0 aromatic heterocycles. The van der Waals surface area contributed by atoms with Crippen LogP contribution in [0, 0.1) is 0 Å². The van der Waals surface area contributed by atoms with Crippen LogP contribution >= 0.6 is 0 Å². The van der Waals surface area contributed by atoms with E-state index in [1.807, 2.05) is 0 Å². The molecule has 6 heteroatoms. The molecule has 6 nitrogen and oxygen atoms in total. The minimum atomic E-state index is -0.295. The average molecular weight is 220 g/mol. The van der Waals surface area contributed by atoms with E-state index in [1.54, 1.807) is 24.3 Å². The lowest BCUT2D eigenvalue weighted by atomic mass is 10.1. The lowest BCUT2D eigenvalue weighted by Gasteiger charge is -2.03. The van der Waals surface area contributed by atoms with E-state index in [1.165, 1.54) is 0 Å². The summed E-state index contributed by atoms with van der Waals surface area (Å²) in [4.78, 5) is 13.5. The molecule has 1 rings (SSSR count). The van der Waals surface area contributed by atoms with Crippen LogP contribution in [0.25, 0.3) is 10.4 Å². The lowest BCUT2D eigenvalue weighted by Crippen LogP contribution is -2.27. The van der Waals surface area contributed by atoms with Gasteiger partial charge in [0, 0.05) is 11.5 Å². The van der Waals surface area contributed by atoms with Crippen LogP contribution in [0.15, 0.2) is 29.4 Å². The van der Waals surface area contributed by atoms with Crippen LogP contribution in [-0.2, 0) is 11.2 Å². The van der Waals surface area contributed by atoms with Gasteiger partial charge in [-0.15, -0.1) is 0 Å². The second-order valence-corrected chi connectivity index (χ2v) is 3.16. The van der Waals surface area contributed by atoms with Crippen LogP contribution in [0.2, 0.25) is 0 Å². The monoisotopic (exact) mass is 220 g/mol. The molecular formula is C10H12N4O2. The number of amides is 1. The number of phenolic OH excluding ortho intramolecular Hbond substituents is 1.